The summed E-state index contributed by atoms with van der Waals surface area (Å²) in [5, 5.41) is 11.6. The maximum atomic E-state index is 8.68. The Morgan fingerprint density at radius 1 is 1.26 bits per heavy atom. The van der Waals surface area contributed by atoms with E-state index >= 15 is 0 Å². The molecule has 0 amide bonds. The van der Waals surface area contributed by atoms with E-state index in [4.69, 9.17) is 10.9 Å². The number of amidine groups is 1. The number of aromatic nitrogens is 1. The molecular formula is C14H16N4O. The first-order valence-electron chi connectivity index (χ1n) is 5.86. The van der Waals surface area contributed by atoms with Crippen LogP contribution in [0, 0.1) is 6.92 Å². The highest BCUT2D eigenvalue weighted by Crippen LogP contribution is 2.24. The van der Waals surface area contributed by atoms with Gasteiger partial charge in [-0.15, -0.1) is 0 Å². The zero-order valence-corrected chi connectivity index (χ0v) is 10.9. The lowest BCUT2D eigenvalue weighted by atomic mass is 10.2. The van der Waals surface area contributed by atoms with E-state index in [0.717, 1.165) is 11.4 Å². The summed E-state index contributed by atoms with van der Waals surface area (Å²) in [7, 11) is 1.96. The second kappa shape index (κ2) is 5.39. The minimum Gasteiger partial charge on any atom is -0.409 e. The fourth-order valence-corrected chi connectivity index (χ4v) is 1.80. The number of hydrogen-bond acceptors (Lipinski definition) is 4. The Bertz CT molecular complexity index is 610. The molecule has 0 unspecified atom stereocenters. The van der Waals surface area contributed by atoms with E-state index in [-0.39, 0.29) is 5.84 Å². The molecule has 0 saturated carbocycles. The Labute approximate surface area is 112 Å². The minimum absolute atomic E-state index is 0.000470. The van der Waals surface area contributed by atoms with E-state index in [1.165, 1.54) is 5.56 Å². The zero-order valence-electron chi connectivity index (χ0n) is 10.9. The third-order valence-corrected chi connectivity index (χ3v) is 2.89. The number of nitrogens with zero attached hydrogens (tertiary/aromatic N) is 3. The maximum absolute atomic E-state index is 8.68. The lowest BCUT2D eigenvalue weighted by Crippen LogP contribution is -2.16. The van der Waals surface area contributed by atoms with Crippen LogP contribution in [-0.2, 0) is 0 Å². The van der Waals surface area contributed by atoms with Crippen LogP contribution < -0.4 is 10.6 Å². The normalized spacial score (nSPS) is 11.4. The van der Waals surface area contributed by atoms with Crippen molar-refractivity contribution in [3.63, 3.8) is 0 Å². The van der Waals surface area contributed by atoms with Crippen LogP contribution in [0.5, 0.6) is 0 Å². The first-order valence-corrected chi connectivity index (χ1v) is 5.86. The summed E-state index contributed by atoms with van der Waals surface area (Å²) < 4.78 is 0. The second-order valence-electron chi connectivity index (χ2n) is 4.28. The van der Waals surface area contributed by atoms with Crippen molar-refractivity contribution in [3.8, 4) is 0 Å². The maximum Gasteiger partial charge on any atom is 0.188 e. The van der Waals surface area contributed by atoms with Crippen LogP contribution >= 0.6 is 0 Å². The molecule has 0 bridgehead atoms. The van der Waals surface area contributed by atoms with E-state index in [1.807, 2.05) is 43.1 Å². The molecule has 19 heavy (non-hydrogen) atoms. The number of pyridine rings is 1. The third kappa shape index (κ3) is 2.82. The molecule has 0 spiro atoms. The summed E-state index contributed by atoms with van der Waals surface area (Å²) in [5.74, 6) is -0.000470. The predicted octanol–water partition coefficient (Wildman–Crippen LogP) is 2.25. The largest absolute Gasteiger partial charge is 0.409 e. The van der Waals surface area contributed by atoms with Crippen LogP contribution in [0.25, 0.3) is 0 Å². The van der Waals surface area contributed by atoms with Crippen LogP contribution in [0.2, 0.25) is 0 Å². The molecule has 1 heterocycles. The van der Waals surface area contributed by atoms with Gasteiger partial charge < -0.3 is 15.8 Å². The van der Waals surface area contributed by atoms with Gasteiger partial charge in [0, 0.05) is 24.6 Å². The molecule has 5 nitrogen and oxygen atoms in total. The average molecular weight is 256 g/mol. The molecule has 0 aliphatic rings. The Hall–Kier alpha value is -2.56. The first-order chi connectivity index (χ1) is 9.11. The van der Waals surface area contributed by atoms with Crippen molar-refractivity contribution in [2.75, 3.05) is 11.9 Å². The quantitative estimate of drug-likeness (QED) is 0.382. The van der Waals surface area contributed by atoms with Crippen LogP contribution in [0.15, 0.2) is 47.8 Å². The van der Waals surface area contributed by atoms with Crippen LogP contribution in [-0.4, -0.2) is 23.1 Å². The number of nitrogens with two attached hydrogens (primary N) is 1. The molecule has 2 aromatic rings. The highest BCUT2D eigenvalue weighted by atomic mass is 16.4. The fraction of sp³-hybridized carbons (Fsp3) is 0.143. The molecule has 0 aliphatic carbocycles. The summed E-state index contributed by atoms with van der Waals surface area (Å²) in [6, 6.07) is 11.8. The lowest BCUT2D eigenvalue weighted by Gasteiger charge is -2.20. The molecule has 5 heteroatoms. The molecule has 0 aliphatic heterocycles. The minimum atomic E-state index is -0.000470. The lowest BCUT2D eigenvalue weighted by molar-refractivity contribution is 0.318. The second-order valence-corrected chi connectivity index (χ2v) is 4.28. The van der Waals surface area contributed by atoms with E-state index in [0.29, 0.717) is 5.69 Å². The van der Waals surface area contributed by atoms with Gasteiger partial charge in [0.25, 0.3) is 0 Å². The third-order valence-electron chi connectivity index (χ3n) is 2.89. The molecule has 0 atom stereocenters. The molecule has 2 rings (SSSR count). The van der Waals surface area contributed by atoms with Crippen molar-refractivity contribution in [2.45, 2.75) is 6.92 Å². The first kappa shape index (κ1) is 12.9. The molecular weight excluding hydrogens is 240 g/mol. The molecule has 0 fully saturated rings. The van der Waals surface area contributed by atoms with Gasteiger partial charge >= 0.3 is 0 Å². The number of aryl methyl sites for hydroxylation is 1. The molecule has 0 radical (unpaired) electrons. The molecule has 3 N–H and O–H groups in total. The zero-order chi connectivity index (χ0) is 13.8. The summed E-state index contributed by atoms with van der Waals surface area (Å²) in [5.41, 5.74) is 9.16. The van der Waals surface area contributed by atoms with Crippen molar-refractivity contribution in [3.05, 3.63) is 53.9 Å². The van der Waals surface area contributed by atoms with Gasteiger partial charge in [-0.1, -0.05) is 17.3 Å². The Morgan fingerprint density at radius 3 is 2.68 bits per heavy atom. The molecule has 1 aromatic heterocycles. The van der Waals surface area contributed by atoms with Crippen molar-refractivity contribution in [2.24, 2.45) is 10.9 Å². The number of hydrogen-bond donors (Lipinski definition) is 2. The van der Waals surface area contributed by atoms with E-state index in [1.54, 1.807) is 12.3 Å². The summed E-state index contributed by atoms with van der Waals surface area (Å²) in [6.07, 6.45) is 1.63. The Balaban J connectivity index is 2.36. The van der Waals surface area contributed by atoms with Crippen molar-refractivity contribution < 1.29 is 5.21 Å². The van der Waals surface area contributed by atoms with Crippen LogP contribution in [0.4, 0.5) is 11.4 Å². The Morgan fingerprint density at radius 2 is 2.00 bits per heavy atom. The number of anilines is 2. The smallest absolute Gasteiger partial charge is 0.188 e. The van der Waals surface area contributed by atoms with Gasteiger partial charge in [-0.2, -0.15) is 0 Å². The topological polar surface area (TPSA) is 74.7 Å². The molecule has 1 aromatic carbocycles. The van der Waals surface area contributed by atoms with Crippen molar-refractivity contribution in [1.82, 2.24) is 4.98 Å². The van der Waals surface area contributed by atoms with Gasteiger partial charge in [0.05, 0.1) is 0 Å². The van der Waals surface area contributed by atoms with Gasteiger partial charge in [-0.25, -0.2) is 0 Å². The standard InChI is InChI=1S/C14H16N4O/c1-10-4-3-5-11(8-10)18(2)12-6-7-16-13(9-12)14(15)17-19/h3-9,19H,1-2H3,(H2,15,17). The predicted molar refractivity (Wildman–Crippen MR) is 76.0 cm³/mol. The summed E-state index contributed by atoms with van der Waals surface area (Å²) in [6.45, 7) is 2.05. The number of oxime groups is 1. The van der Waals surface area contributed by atoms with E-state index in [2.05, 4.69) is 16.2 Å². The highest BCUT2D eigenvalue weighted by molar-refractivity contribution is 5.96. The molecule has 98 valence electrons. The van der Waals surface area contributed by atoms with Gasteiger partial charge in [0.15, 0.2) is 5.84 Å². The fourth-order valence-electron chi connectivity index (χ4n) is 1.80. The van der Waals surface area contributed by atoms with Gasteiger partial charge in [0.2, 0.25) is 0 Å². The van der Waals surface area contributed by atoms with Crippen molar-refractivity contribution in [1.29, 1.82) is 0 Å². The van der Waals surface area contributed by atoms with E-state index in [9.17, 15) is 0 Å². The van der Waals surface area contributed by atoms with Crippen LogP contribution in [0.1, 0.15) is 11.3 Å². The number of benzene rings is 1. The average Bonchev–Trinajstić information content (AvgIpc) is 2.45. The van der Waals surface area contributed by atoms with E-state index < -0.39 is 0 Å². The highest BCUT2D eigenvalue weighted by Gasteiger charge is 2.07. The molecule has 0 saturated heterocycles. The monoisotopic (exact) mass is 256 g/mol. The van der Waals surface area contributed by atoms with Crippen LogP contribution in [0.3, 0.4) is 0 Å². The SMILES string of the molecule is Cc1cccc(N(C)c2ccnc(C(N)=NO)c2)c1. The van der Waals surface area contributed by atoms with Crippen molar-refractivity contribution >= 4 is 17.2 Å². The van der Waals surface area contributed by atoms with Gasteiger partial charge in [0.1, 0.15) is 5.69 Å². The van der Waals surface area contributed by atoms with Gasteiger partial charge in [-0.05, 0) is 36.8 Å². The summed E-state index contributed by atoms with van der Waals surface area (Å²) >= 11 is 0. The number of rotatable bonds is 3. The summed E-state index contributed by atoms with van der Waals surface area (Å²) in [4.78, 5) is 6.08. The Kier molecular flexibility index (Phi) is 3.66. The van der Waals surface area contributed by atoms with Gasteiger partial charge in [-0.3, -0.25) is 4.98 Å².